The molecule has 0 saturated carbocycles. The van der Waals surface area contributed by atoms with E-state index in [-0.39, 0.29) is 0 Å². The molecule has 0 spiro atoms. The fourth-order valence-corrected chi connectivity index (χ4v) is 7.34. The van der Waals surface area contributed by atoms with Gasteiger partial charge < -0.3 is 4.42 Å². The van der Waals surface area contributed by atoms with Crippen LogP contribution in [0.3, 0.4) is 0 Å². The van der Waals surface area contributed by atoms with Crippen LogP contribution >= 0.6 is 0 Å². The molecule has 2 aromatic heterocycles. The van der Waals surface area contributed by atoms with Crippen molar-refractivity contribution in [3.63, 3.8) is 0 Å². The summed E-state index contributed by atoms with van der Waals surface area (Å²) in [4.78, 5) is 10.3. The Morgan fingerprint density at radius 2 is 0.882 bits per heavy atom. The fourth-order valence-electron chi connectivity index (χ4n) is 7.34. The van der Waals surface area contributed by atoms with Crippen molar-refractivity contribution in [2.45, 2.75) is 0 Å². The zero-order chi connectivity index (χ0) is 33.7. The summed E-state index contributed by atoms with van der Waals surface area (Å²) in [6.45, 7) is 0. The number of benzene rings is 8. The van der Waals surface area contributed by atoms with Crippen LogP contribution in [0.4, 0.5) is 0 Å². The van der Waals surface area contributed by atoms with E-state index < -0.39 is 0 Å². The first kappa shape index (κ1) is 29.1. The Morgan fingerprint density at radius 3 is 1.69 bits per heavy atom. The van der Waals surface area contributed by atoms with E-state index in [4.69, 9.17) is 14.4 Å². The van der Waals surface area contributed by atoms with E-state index >= 15 is 0 Å². The molecule has 0 radical (unpaired) electrons. The predicted molar refractivity (Wildman–Crippen MR) is 212 cm³/mol. The van der Waals surface area contributed by atoms with E-state index in [1.807, 2.05) is 24.3 Å². The van der Waals surface area contributed by atoms with Crippen LogP contribution in [0.25, 0.3) is 99.6 Å². The van der Waals surface area contributed by atoms with E-state index in [9.17, 15) is 0 Å². The van der Waals surface area contributed by atoms with Crippen molar-refractivity contribution in [2.75, 3.05) is 0 Å². The first-order chi connectivity index (χ1) is 25.3. The van der Waals surface area contributed by atoms with Crippen molar-refractivity contribution in [1.82, 2.24) is 9.97 Å². The molecule has 0 atom stereocenters. The normalized spacial score (nSPS) is 11.5. The summed E-state index contributed by atoms with van der Waals surface area (Å²) in [5.74, 6) is 0.676. The largest absolute Gasteiger partial charge is 0.455 e. The third kappa shape index (κ3) is 5.06. The molecule has 3 heteroatoms. The third-order valence-electron chi connectivity index (χ3n) is 9.89. The zero-order valence-corrected chi connectivity index (χ0v) is 27.6. The van der Waals surface area contributed by atoms with Crippen LogP contribution < -0.4 is 0 Å². The van der Waals surface area contributed by atoms with Gasteiger partial charge in [-0.2, -0.15) is 0 Å². The molecule has 0 aliphatic carbocycles. The maximum atomic E-state index is 6.87. The van der Waals surface area contributed by atoms with Gasteiger partial charge in [-0.15, -0.1) is 0 Å². The standard InChI is InChI=1S/C48H30N2O/c1-3-11-31(12-4-1)32-21-24-35(25-22-32)44-30-43(34-14-5-2-6-15-34)49-48(50-44)38-17-9-16-37(29-38)40-19-10-20-41-42-28-27-36-26-23-33-13-7-8-18-39(33)45(36)47(42)51-46(40)41/h1-30H. The van der Waals surface area contributed by atoms with E-state index in [0.717, 1.165) is 66.5 Å². The minimum Gasteiger partial charge on any atom is -0.455 e. The molecule has 2 heterocycles. The lowest BCUT2D eigenvalue weighted by Crippen LogP contribution is -1.96. The van der Waals surface area contributed by atoms with Crippen LogP contribution in [0.5, 0.6) is 0 Å². The van der Waals surface area contributed by atoms with Gasteiger partial charge in [0.15, 0.2) is 5.82 Å². The molecule has 238 valence electrons. The number of para-hydroxylation sites is 1. The number of furan rings is 1. The molecular formula is C48H30N2O. The Morgan fingerprint density at radius 1 is 0.333 bits per heavy atom. The van der Waals surface area contributed by atoms with E-state index in [2.05, 4.69) is 158 Å². The van der Waals surface area contributed by atoms with Crippen LogP contribution in [-0.2, 0) is 0 Å². The van der Waals surface area contributed by atoms with Gasteiger partial charge in [-0.05, 0) is 51.0 Å². The highest BCUT2D eigenvalue weighted by molar-refractivity contribution is 6.24. The van der Waals surface area contributed by atoms with Crippen LogP contribution in [0, 0.1) is 0 Å². The highest BCUT2D eigenvalue weighted by Gasteiger charge is 2.17. The smallest absolute Gasteiger partial charge is 0.160 e. The lowest BCUT2D eigenvalue weighted by Gasteiger charge is -2.11. The van der Waals surface area contributed by atoms with Gasteiger partial charge in [0.2, 0.25) is 0 Å². The minimum absolute atomic E-state index is 0.676. The van der Waals surface area contributed by atoms with Crippen molar-refractivity contribution in [2.24, 2.45) is 0 Å². The number of hydrogen-bond acceptors (Lipinski definition) is 3. The second-order valence-electron chi connectivity index (χ2n) is 13.0. The average Bonchev–Trinajstić information content (AvgIpc) is 3.60. The molecular weight excluding hydrogens is 621 g/mol. The first-order valence-electron chi connectivity index (χ1n) is 17.2. The quantitative estimate of drug-likeness (QED) is 0.174. The molecule has 0 saturated heterocycles. The molecule has 10 aromatic rings. The predicted octanol–water partition coefficient (Wildman–Crippen LogP) is 13.0. The Kier molecular flexibility index (Phi) is 6.81. The molecule has 0 aliphatic rings. The lowest BCUT2D eigenvalue weighted by atomic mass is 9.98. The second-order valence-corrected chi connectivity index (χ2v) is 13.0. The fraction of sp³-hybridized carbons (Fsp3) is 0. The summed E-state index contributed by atoms with van der Waals surface area (Å²) in [6.07, 6.45) is 0. The molecule has 51 heavy (non-hydrogen) atoms. The summed E-state index contributed by atoms with van der Waals surface area (Å²) in [5.41, 5.74) is 11.0. The van der Waals surface area contributed by atoms with Gasteiger partial charge in [0, 0.05) is 38.4 Å². The molecule has 0 unspecified atom stereocenters. The van der Waals surface area contributed by atoms with Crippen molar-refractivity contribution < 1.29 is 4.42 Å². The molecule has 0 bridgehead atoms. The molecule has 0 amide bonds. The number of nitrogens with zero attached hydrogens (tertiary/aromatic N) is 2. The Labute approximate surface area is 295 Å². The van der Waals surface area contributed by atoms with Gasteiger partial charge in [0.05, 0.1) is 11.4 Å². The highest BCUT2D eigenvalue weighted by atomic mass is 16.3. The van der Waals surface area contributed by atoms with E-state index in [0.29, 0.717) is 5.82 Å². The Balaban J connectivity index is 1.11. The highest BCUT2D eigenvalue weighted by Crippen LogP contribution is 2.41. The summed E-state index contributed by atoms with van der Waals surface area (Å²) in [7, 11) is 0. The van der Waals surface area contributed by atoms with E-state index in [1.54, 1.807) is 0 Å². The van der Waals surface area contributed by atoms with Crippen molar-refractivity contribution >= 4 is 43.5 Å². The van der Waals surface area contributed by atoms with Gasteiger partial charge in [-0.25, -0.2) is 9.97 Å². The lowest BCUT2D eigenvalue weighted by molar-refractivity contribution is 0.674. The topological polar surface area (TPSA) is 38.9 Å². The summed E-state index contributed by atoms with van der Waals surface area (Å²) < 4.78 is 6.87. The van der Waals surface area contributed by atoms with Gasteiger partial charge in [-0.3, -0.25) is 0 Å². The summed E-state index contributed by atoms with van der Waals surface area (Å²) in [6, 6.07) is 63.7. The minimum atomic E-state index is 0.676. The number of fused-ring (bicyclic) bond motifs is 7. The molecule has 3 nitrogen and oxygen atoms in total. The monoisotopic (exact) mass is 650 g/mol. The van der Waals surface area contributed by atoms with Gasteiger partial charge in [-0.1, -0.05) is 164 Å². The van der Waals surface area contributed by atoms with Crippen molar-refractivity contribution in [3.8, 4) is 56.2 Å². The van der Waals surface area contributed by atoms with E-state index in [1.165, 1.54) is 27.3 Å². The van der Waals surface area contributed by atoms with Crippen molar-refractivity contribution in [3.05, 3.63) is 182 Å². The van der Waals surface area contributed by atoms with Crippen LogP contribution in [0.15, 0.2) is 186 Å². The zero-order valence-electron chi connectivity index (χ0n) is 27.6. The van der Waals surface area contributed by atoms with Crippen molar-refractivity contribution in [1.29, 1.82) is 0 Å². The molecule has 8 aromatic carbocycles. The maximum Gasteiger partial charge on any atom is 0.160 e. The maximum absolute atomic E-state index is 6.87. The molecule has 0 fully saturated rings. The molecule has 0 aliphatic heterocycles. The second kappa shape index (κ2) is 11.9. The number of hydrogen-bond donors (Lipinski definition) is 0. The van der Waals surface area contributed by atoms with Gasteiger partial charge >= 0.3 is 0 Å². The van der Waals surface area contributed by atoms with Gasteiger partial charge in [0.25, 0.3) is 0 Å². The Hall–Kier alpha value is -6.84. The van der Waals surface area contributed by atoms with Crippen LogP contribution in [0.2, 0.25) is 0 Å². The Bertz CT molecular complexity index is 2890. The molecule has 10 rings (SSSR count). The number of aromatic nitrogens is 2. The van der Waals surface area contributed by atoms with Crippen LogP contribution in [-0.4, -0.2) is 9.97 Å². The SMILES string of the molecule is c1ccc(-c2ccc(-c3cc(-c4ccccc4)nc(-c4cccc(-c5cccc6c5oc5c6ccc6ccc7ccccc7c65)c4)n3)cc2)cc1. The average molecular weight is 651 g/mol. The summed E-state index contributed by atoms with van der Waals surface area (Å²) >= 11 is 0. The third-order valence-corrected chi connectivity index (χ3v) is 9.89. The van der Waals surface area contributed by atoms with Crippen LogP contribution in [0.1, 0.15) is 0 Å². The molecule has 0 N–H and O–H groups in total. The van der Waals surface area contributed by atoms with Gasteiger partial charge in [0.1, 0.15) is 11.2 Å². The number of rotatable bonds is 5. The summed E-state index contributed by atoms with van der Waals surface area (Å²) in [5, 5.41) is 6.95. The first-order valence-corrected chi connectivity index (χ1v) is 17.2.